The molecular weight excluding hydrogens is 210 g/mol. The first-order chi connectivity index (χ1) is 8.31. The summed E-state index contributed by atoms with van der Waals surface area (Å²) < 4.78 is 5.05. The first-order valence-corrected chi connectivity index (χ1v) is 6.63. The Morgan fingerprint density at radius 3 is 2.41 bits per heavy atom. The second-order valence-corrected chi connectivity index (χ2v) is 4.36. The fourth-order valence-electron chi connectivity index (χ4n) is 1.98. The van der Waals surface area contributed by atoms with Crippen LogP contribution in [0.3, 0.4) is 0 Å². The summed E-state index contributed by atoms with van der Waals surface area (Å²) in [7, 11) is 1.75. The molecule has 17 heavy (non-hydrogen) atoms. The topological polar surface area (TPSA) is 21.3 Å². The van der Waals surface area contributed by atoms with E-state index in [1.54, 1.807) is 7.11 Å². The van der Waals surface area contributed by atoms with E-state index in [0.29, 0.717) is 6.04 Å². The molecule has 0 saturated carbocycles. The predicted molar refractivity (Wildman–Crippen MR) is 73.3 cm³/mol. The highest BCUT2D eigenvalue weighted by Crippen LogP contribution is 2.17. The molecule has 1 rings (SSSR count). The van der Waals surface area contributed by atoms with Gasteiger partial charge in [0.15, 0.2) is 0 Å². The molecule has 0 aliphatic carbocycles. The van der Waals surface area contributed by atoms with Crippen LogP contribution >= 0.6 is 0 Å². The summed E-state index contributed by atoms with van der Waals surface area (Å²) in [6.45, 7) is 6.26. The van der Waals surface area contributed by atoms with Crippen molar-refractivity contribution < 1.29 is 4.74 Å². The smallest absolute Gasteiger partial charge is 0.0474 e. The summed E-state index contributed by atoms with van der Waals surface area (Å²) in [5.74, 6) is 0. The van der Waals surface area contributed by atoms with Gasteiger partial charge in [0.25, 0.3) is 0 Å². The van der Waals surface area contributed by atoms with Crippen LogP contribution in [-0.2, 0) is 11.2 Å². The van der Waals surface area contributed by atoms with Crippen LogP contribution in [0.2, 0.25) is 0 Å². The highest BCUT2D eigenvalue weighted by atomic mass is 16.5. The Kier molecular flexibility index (Phi) is 6.90. The predicted octanol–water partition coefficient (Wildman–Crippen LogP) is 3.33. The minimum Gasteiger partial charge on any atom is -0.385 e. The molecule has 0 aliphatic rings. The molecule has 0 aromatic heterocycles. The minimum absolute atomic E-state index is 0.470. The lowest BCUT2D eigenvalue weighted by Gasteiger charge is -2.17. The number of aryl methyl sites for hydroxylation is 1. The summed E-state index contributed by atoms with van der Waals surface area (Å²) in [5.41, 5.74) is 2.80. The molecule has 0 radical (unpaired) electrons. The van der Waals surface area contributed by atoms with Crippen molar-refractivity contribution in [2.45, 2.75) is 39.2 Å². The van der Waals surface area contributed by atoms with E-state index in [4.69, 9.17) is 4.74 Å². The summed E-state index contributed by atoms with van der Waals surface area (Å²) in [5, 5.41) is 3.58. The number of nitrogens with one attached hydrogen (secondary N) is 1. The van der Waals surface area contributed by atoms with Crippen molar-refractivity contribution in [1.82, 2.24) is 5.32 Å². The van der Waals surface area contributed by atoms with Crippen LogP contribution < -0.4 is 5.32 Å². The van der Waals surface area contributed by atoms with Gasteiger partial charge in [0.1, 0.15) is 0 Å². The summed E-state index contributed by atoms with van der Waals surface area (Å²) in [4.78, 5) is 0. The van der Waals surface area contributed by atoms with Crippen molar-refractivity contribution in [3.63, 3.8) is 0 Å². The van der Waals surface area contributed by atoms with Gasteiger partial charge in [0.2, 0.25) is 0 Å². The highest BCUT2D eigenvalue weighted by Gasteiger charge is 2.07. The molecule has 0 fully saturated rings. The fraction of sp³-hybridized carbons (Fsp3) is 0.600. The Morgan fingerprint density at radius 1 is 1.18 bits per heavy atom. The number of methoxy groups -OCH3 is 1. The molecule has 1 unspecified atom stereocenters. The summed E-state index contributed by atoms with van der Waals surface area (Å²) in [6, 6.07) is 9.42. The van der Waals surface area contributed by atoms with Gasteiger partial charge in [0.05, 0.1) is 0 Å². The molecule has 2 heteroatoms. The van der Waals surface area contributed by atoms with Crippen LogP contribution in [0.15, 0.2) is 24.3 Å². The Labute approximate surface area is 105 Å². The van der Waals surface area contributed by atoms with Gasteiger partial charge in [-0.25, -0.2) is 0 Å². The monoisotopic (exact) mass is 235 g/mol. The first kappa shape index (κ1) is 14.2. The molecule has 1 aromatic carbocycles. The lowest BCUT2D eigenvalue weighted by molar-refractivity contribution is 0.193. The van der Waals surface area contributed by atoms with Gasteiger partial charge in [-0.3, -0.25) is 0 Å². The maximum atomic E-state index is 5.05. The number of hydrogen-bond donors (Lipinski definition) is 1. The summed E-state index contributed by atoms with van der Waals surface area (Å²) >= 11 is 0. The standard InChI is InChI=1S/C15H25NO/c1-4-13-7-9-14(10-8-13)15(5-2)16-11-6-12-17-3/h7-10,15-16H,4-6,11-12H2,1-3H3. The van der Waals surface area contributed by atoms with Crippen molar-refractivity contribution in [1.29, 1.82) is 0 Å². The van der Waals surface area contributed by atoms with Gasteiger partial charge < -0.3 is 10.1 Å². The zero-order chi connectivity index (χ0) is 12.5. The maximum Gasteiger partial charge on any atom is 0.0474 e. The SMILES string of the molecule is CCc1ccc(C(CC)NCCCOC)cc1. The Hall–Kier alpha value is -0.860. The molecule has 1 N–H and O–H groups in total. The van der Waals surface area contributed by atoms with Crippen molar-refractivity contribution in [2.75, 3.05) is 20.3 Å². The van der Waals surface area contributed by atoms with Gasteiger partial charge in [-0.2, -0.15) is 0 Å². The molecule has 0 aliphatic heterocycles. The van der Waals surface area contributed by atoms with Crippen molar-refractivity contribution >= 4 is 0 Å². The molecule has 1 atom stereocenters. The normalized spacial score (nSPS) is 12.6. The van der Waals surface area contributed by atoms with Crippen LogP contribution in [-0.4, -0.2) is 20.3 Å². The molecule has 1 aromatic rings. The van der Waals surface area contributed by atoms with E-state index in [9.17, 15) is 0 Å². The largest absolute Gasteiger partial charge is 0.385 e. The number of ether oxygens (including phenoxy) is 1. The third-order valence-corrected chi connectivity index (χ3v) is 3.11. The lowest BCUT2D eigenvalue weighted by Crippen LogP contribution is -2.22. The molecular formula is C15H25NO. The molecule has 0 amide bonds. The summed E-state index contributed by atoms with van der Waals surface area (Å²) in [6.07, 6.45) is 3.30. The van der Waals surface area contributed by atoms with E-state index in [0.717, 1.165) is 32.4 Å². The fourth-order valence-corrected chi connectivity index (χ4v) is 1.98. The van der Waals surface area contributed by atoms with Crippen LogP contribution in [0.5, 0.6) is 0 Å². The van der Waals surface area contributed by atoms with Crippen LogP contribution in [0.4, 0.5) is 0 Å². The molecule has 0 saturated heterocycles. The zero-order valence-corrected chi connectivity index (χ0v) is 11.3. The zero-order valence-electron chi connectivity index (χ0n) is 11.3. The quantitative estimate of drug-likeness (QED) is 0.698. The average Bonchev–Trinajstić information content (AvgIpc) is 2.39. The van der Waals surface area contributed by atoms with Crippen LogP contribution in [0.1, 0.15) is 43.9 Å². The van der Waals surface area contributed by atoms with Gasteiger partial charge in [-0.1, -0.05) is 38.1 Å². The molecule has 0 bridgehead atoms. The number of hydrogen-bond acceptors (Lipinski definition) is 2. The van der Waals surface area contributed by atoms with Crippen molar-refractivity contribution in [2.24, 2.45) is 0 Å². The lowest BCUT2D eigenvalue weighted by atomic mass is 10.0. The third-order valence-electron chi connectivity index (χ3n) is 3.11. The molecule has 0 heterocycles. The third kappa shape index (κ3) is 4.88. The first-order valence-electron chi connectivity index (χ1n) is 6.63. The second kappa shape index (κ2) is 8.26. The van der Waals surface area contributed by atoms with Crippen molar-refractivity contribution in [3.8, 4) is 0 Å². The van der Waals surface area contributed by atoms with Gasteiger partial charge in [0, 0.05) is 19.8 Å². The number of benzene rings is 1. The van der Waals surface area contributed by atoms with Gasteiger partial charge >= 0.3 is 0 Å². The van der Waals surface area contributed by atoms with E-state index >= 15 is 0 Å². The number of rotatable bonds is 8. The highest BCUT2D eigenvalue weighted by molar-refractivity contribution is 5.24. The Bertz CT molecular complexity index is 294. The van der Waals surface area contributed by atoms with Gasteiger partial charge in [-0.15, -0.1) is 0 Å². The van der Waals surface area contributed by atoms with Crippen molar-refractivity contribution in [3.05, 3.63) is 35.4 Å². The second-order valence-electron chi connectivity index (χ2n) is 4.36. The Balaban J connectivity index is 2.47. The van der Waals surface area contributed by atoms with E-state index in [2.05, 4.69) is 43.4 Å². The van der Waals surface area contributed by atoms with E-state index in [-0.39, 0.29) is 0 Å². The van der Waals surface area contributed by atoms with Crippen LogP contribution in [0, 0.1) is 0 Å². The van der Waals surface area contributed by atoms with Crippen LogP contribution in [0.25, 0.3) is 0 Å². The minimum atomic E-state index is 0.470. The van der Waals surface area contributed by atoms with E-state index in [1.807, 2.05) is 0 Å². The maximum absolute atomic E-state index is 5.05. The van der Waals surface area contributed by atoms with E-state index in [1.165, 1.54) is 11.1 Å². The van der Waals surface area contributed by atoms with E-state index < -0.39 is 0 Å². The molecule has 96 valence electrons. The molecule has 2 nitrogen and oxygen atoms in total. The average molecular weight is 235 g/mol. The van der Waals surface area contributed by atoms with Gasteiger partial charge in [-0.05, 0) is 36.9 Å². The molecule has 0 spiro atoms. The Morgan fingerprint density at radius 2 is 1.88 bits per heavy atom.